The first kappa shape index (κ1) is 13.7. The van der Waals surface area contributed by atoms with Crippen molar-refractivity contribution in [1.29, 1.82) is 0 Å². The second-order valence-electron chi connectivity index (χ2n) is 5.52. The normalized spacial score (nSPS) is 22.0. The molecule has 21 heavy (non-hydrogen) atoms. The molecule has 1 aliphatic carbocycles. The Hall–Kier alpha value is -2.24. The van der Waals surface area contributed by atoms with E-state index in [1.54, 1.807) is 23.0 Å². The maximum atomic E-state index is 11.8. The summed E-state index contributed by atoms with van der Waals surface area (Å²) in [6.07, 6.45) is 5.59. The van der Waals surface area contributed by atoms with Gasteiger partial charge in [0.2, 0.25) is 0 Å². The fourth-order valence-electron chi connectivity index (χ4n) is 2.79. The van der Waals surface area contributed by atoms with Crippen molar-refractivity contribution in [2.24, 2.45) is 0 Å². The van der Waals surface area contributed by atoms with Crippen LogP contribution in [0.2, 0.25) is 0 Å². The Bertz CT molecular complexity index is 644. The highest BCUT2D eigenvalue weighted by atomic mass is 16.1. The molecule has 0 amide bonds. The molecule has 110 valence electrons. The largest absolute Gasteiger partial charge is 0.366 e. The molecule has 0 spiro atoms. The van der Waals surface area contributed by atoms with E-state index in [0.717, 1.165) is 37.2 Å². The van der Waals surface area contributed by atoms with Gasteiger partial charge in [0.15, 0.2) is 0 Å². The Morgan fingerprint density at radius 2 is 1.95 bits per heavy atom. The maximum absolute atomic E-state index is 11.8. The number of aromatic nitrogens is 4. The highest BCUT2D eigenvalue weighted by Gasteiger charge is 2.23. The van der Waals surface area contributed by atoms with E-state index in [9.17, 15) is 4.79 Å². The van der Waals surface area contributed by atoms with Gasteiger partial charge in [-0.25, -0.2) is 4.68 Å². The van der Waals surface area contributed by atoms with Gasteiger partial charge in [0, 0.05) is 18.3 Å². The molecule has 0 radical (unpaired) electrons. The second-order valence-corrected chi connectivity index (χ2v) is 5.52. The van der Waals surface area contributed by atoms with Gasteiger partial charge in [-0.15, -0.1) is 5.10 Å². The Morgan fingerprint density at radius 3 is 2.62 bits per heavy atom. The molecule has 0 saturated heterocycles. The number of nitrogens with zero attached hydrogens (tertiary/aromatic N) is 4. The van der Waals surface area contributed by atoms with Crippen LogP contribution >= 0.6 is 0 Å². The lowest BCUT2D eigenvalue weighted by atomic mass is 9.91. The third-order valence-corrected chi connectivity index (χ3v) is 3.93. The van der Waals surface area contributed by atoms with E-state index in [4.69, 9.17) is 0 Å². The summed E-state index contributed by atoms with van der Waals surface area (Å²) < 4.78 is 1.61. The number of anilines is 1. The van der Waals surface area contributed by atoms with Crippen molar-refractivity contribution in [2.75, 3.05) is 5.32 Å². The zero-order chi connectivity index (χ0) is 14.7. The van der Waals surface area contributed by atoms with Crippen LogP contribution in [0.3, 0.4) is 0 Å². The molecular formula is C15H19N5O. The van der Waals surface area contributed by atoms with E-state index in [-0.39, 0.29) is 11.6 Å². The lowest BCUT2D eigenvalue weighted by molar-refractivity contribution is 0.303. The van der Waals surface area contributed by atoms with Crippen molar-refractivity contribution in [3.8, 4) is 0 Å². The zero-order valence-corrected chi connectivity index (χ0v) is 12.1. The van der Waals surface area contributed by atoms with Crippen molar-refractivity contribution >= 4 is 5.82 Å². The third kappa shape index (κ3) is 3.26. The van der Waals surface area contributed by atoms with Gasteiger partial charge in [-0.3, -0.25) is 4.79 Å². The summed E-state index contributed by atoms with van der Waals surface area (Å²) in [7, 11) is 0. The fourth-order valence-corrected chi connectivity index (χ4v) is 2.79. The Morgan fingerprint density at radius 1 is 1.14 bits per heavy atom. The average molecular weight is 285 g/mol. The van der Waals surface area contributed by atoms with Gasteiger partial charge in [-0.05, 0) is 50.8 Å². The molecule has 1 fully saturated rings. The molecule has 6 heteroatoms. The molecule has 3 rings (SSSR count). The molecule has 0 aromatic carbocycles. The number of nitrogens with one attached hydrogen (secondary N) is 1. The number of hydrogen-bond donors (Lipinski definition) is 1. The molecule has 0 unspecified atom stereocenters. The molecule has 0 atom stereocenters. The van der Waals surface area contributed by atoms with Gasteiger partial charge in [0.1, 0.15) is 5.82 Å². The van der Waals surface area contributed by atoms with Crippen LogP contribution in [0.5, 0.6) is 0 Å². The molecule has 0 aliphatic heterocycles. The lowest BCUT2D eigenvalue weighted by Gasteiger charge is -2.29. The summed E-state index contributed by atoms with van der Waals surface area (Å²) in [5, 5.41) is 15.8. The first-order chi connectivity index (χ1) is 10.2. The SMILES string of the molecule is Cc1ccc(NC2CCC(n3ncccc3=O)CC2)nn1. The van der Waals surface area contributed by atoms with Crippen molar-refractivity contribution in [1.82, 2.24) is 20.0 Å². The van der Waals surface area contributed by atoms with E-state index in [1.807, 2.05) is 19.1 Å². The maximum Gasteiger partial charge on any atom is 0.266 e. The summed E-state index contributed by atoms with van der Waals surface area (Å²) >= 11 is 0. The number of aryl methyl sites for hydroxylation is 1. The highest BCUT2D eigenvalue weighted by molar-refractivity contribution is 5.34. The van der Waals surface area contributed by atoms with Gasteiger partial charge in [-0.2, -0.15) is 10.2 Å². The Kier molecular flexibility index (Phi) is 3.94. The molecular weight excluding hydrogens is 266 g/mol. The summed E-state index contributed by atoms with van der Waals surface area (Å²) in [4.78, 5) is 11.8. The minimum absolute atomic E-state index is 0.0155. The zero-order valence-electron chi connectivity index (χ0n) is 12.1. The van der Waals surface area contributed by atoms with Crippen LogP contribution in [0.4, 0.5) is 5.82 Å². The number of hydrogen-bond acceptors (Lipinski definition) is 5. The predicted octanol–water partition coefficient (Wildman–Crippen LogP) is 1.94. The van der Waals surface area contributed by atoms with Crippen LogP contribution in [-0.4, -0.2) is 26.0 Å². The highest BCUT2D eigenvalue weighted by Crippen LogP contribution is 2.28. The summed E-state index contributed by atoms with van der Waals surface area (Å²) in [5.74, 6) is 0.819. The van der Waals surface area contributed by atoms with Crippen LogP contribution in [0.25, 0.3) is 0 Å². The molecule has 6 nitrogen and oxygen atoms in total. The second kappa shape index (κ2) is 6.03. The van der Waals surface area contributed by atoms with Crippen LogP contribution in [-0.2, 0) is 0 Å². The van der Waals surface area contributed by atoms with E-state index < -0.39 is 0 Å². The monoisotopic (exact) mass is 285 g/mol. The van der Waals surface area contributed by atoms with Crippen LogP contribution < -0.4 is 10.9 Å². The quantitative estimate of drug-likeness (QED) is 0.933. The molecule has 1 saturated carbocycles. The lowest BCUT2D eigenvalue weighted by Crippen LogP contribution is -2.33. The van der Waals surface area contributed by atoms with E-state index in [1.165, 1.54) is 0 Å². The smallest absolute Gasteiger partial charge is 0.266 e. The van der Waals surface area contributed by atoms with Crippen molar-refractivity contribution in [3.63, 3.8) is 0 Å². The van der Waals surface area contributed by atoms with E-state index >= 15 is 0 Å². The fraction of sp³-hybridized carbons (Fsp3) is 0.467. The molecule has 1 aliphatic rings. The molecule has 2 aromatic heterocycles. The van der Waals surface area contributed by atoms with Crippen molar-refractivity contribution < 1.29 is 0 Å². The summed E-state index contributed by atoms with van der Waals surface area (Å²) in [6, 6.07) is 7.76. The van der Waals surface area contributed by atoms with Crippen molar-refractivity contribution in [2.45, 2.75) is 44.7 Å². The van der Waals surface area contributed by atoms with Crippen LogP contribution in [0.15, 0.2) is 35.3 Å². The van der Waals surface area contributed by atoms with Gasteiger partial charge < -0.3 is 5.32 Å². The Balaban J connectivity index is 1.59. The minimum atomic E-state index is -0.0155. The van der Waals surface area contributed by atoms with E-state index in [2.05, 4.69) is 20.6 Å². The molecule has 0 bridgehead atoms. The molecule has 2 heterocycles. The summed E-state index contributed by atoms with van der Waals surface area (Å²) in [5.41, 5.74) is 0.900. The average Bonchev–Trinajstić information content (AvgIpc) is 2.51. The van der Waals surface area contributed by atoms with Gasteiger partial charge in [0.05, 0.1) is 11.7 Å². The topological polar surface area (TPSA) is 72.7 Å². The van der Waals surface area contributed by atoms with Gasteiger partial charge in [-0.1, -0.05) is 0 Å². The number of rotatable bonds is 3. The van der Waals surface area contributed by atoms with Crippen LogP contribution in [0, 0.1) is 6.92 Å². The third-order valence-electron chi connectivity index (χ3n) is 3.93. The van der Waals surface area contributed by atoms with Crippen molar-refractivity contribution in [3.05, 3.63) is 46.5 Å². The first-order valence-corrected chi connectivity index (χ1v) is 7.33. The first-order valence-electron chi connectivity index (χ1n) is 7.33. The van der Waals surface area contributed by atoms with E-state index in [0.29, 0.717) is 6.04 Å². The molecule has 2 aromatic rings. The standard InChI is InChI=1S/C15H19N5O/c1-11-4-9-14(19-18-11)17-12-5-7-13(8-6-12)20-15(21)3-2-10-16-20/h2-4,9-10,12-13H,5-8H2,1H3,(H,17,19). The molecule has 1 N–H and O–H groups in total. The minimum Gasteiger partial charge on any atom is -0.366 e. The summed E-state index contributed by atoms with van der Waals surface area (Å²) in [6.45, 7) is 1.92. The van der Waals surface area contributed by atoms with Gasteiger partial charge in [0.25, 0.3) is 5.56 Å². The predicted molar refractivity (Wildman–Crippen MR) is 80.2 cm³/mol. The van der Waals surface area contributed by atoms with Gasteiger partial charge >= 0.3 is 0 Å². The van der Waals surface area contributed by atoms with Crippen LogP contribution in [0.1, 0.15) is 37.4 Å². The Labute approximate surface area is 123 Å².